The van der Waals surface area contributed by atoms with E-state index in [0.29, 0.717) is 84.7 Å². The number of benzene rings is 9. The summed E-state index contributed by atoms with van der Waals surface area (Å²) >= 11 is 0. The van der Waals surface area contributed by atoms with Gasteiger partial charge in [0.05, 0.1) is 81.5 Å². The van der Waals surface area contributed by atoms with E-state index in [4.69, 9.17) is 13.1 Å². The molecule has 9 aromatic carbocycles. The largest absolute Gasteiger partial charge is 0.416 e. The van der Waals surface area contributed by atoms with Crippen LogP contribution in [0, 0.1) is 47.1 Å². The van der Waals surface area contributed by atoms with Gasteiger partial charge in [-0.15, -0.1) is 0 Å². The lowest BCUT2D eigenvalue weighted by Gasteiger charge is -2.21. The highest BCUT2D eigenvalue weighted by molar-refractivity contribution is 6.13. The average Bonchev–Trinajstić information content (AvgIpc) is 3.93. The molecule has 11 aromatic rings. The van der Waals surface area contributed by atoms with Crippen LogP contribution < -0.4 is 0 Å². The molecule has 0 saturated heterocycles. The minimum Gasteiger partial charge on any atom is -0.309 e. The molecule has 0 amide bonds. The molecule has 7 nitrogen and oxygen atoms in total. The molecule has 350 valence electrons. The van der Waals surface area contributed by atoms with Gasteiger partial charge in [-0.3, -0.25) is 0 Å². The van der Waals surface area contributed by atoms with Crippen LogP contribution in [0.5, 0.6) is 0 Å². The fourth-order valence-corrected chi connectivity index (χ4v) is 9.90. The first-order chi connectivity index (χ1) is 35.7. The van der Waals surface area contributed by atoms with Crippen molar-refractivity contribution in [2.45, 2.75) is 12.4 Å². The van der Waals surface area contributed by atoms with Crippen molar-refractivity contribution < 1.29 is 26.3 Å². The fraction of sp³-hybridized carbons (Fsp3) is 0.0328. The van der Waals surface area contributed by atoms with Crippen LogP contribution in [-0.2, 0) is 12.4 Å². The molecular weight excluding hydrogens is 945 g/mol. The standard InChI is InChI=1S/C61H29F6N7/c1-71-46-21-36(33-69)19-41(26-46)38-13-17-56-52(28-38)48-7-3-5-9-54(48)73(56)58-23-35(32-68)11-15-50(58)51-16-12-40(43-24-44(60(62,63)64)31-45(25-43)61(65,66)67)30-59(51)74-55-10-6-4-8-49(55)53-29-39(14-18-57(53)74)42-20-37(34-70)22-47(27-42)72-2/h3-31H. The van der Waals surface area contributed by atoms with Crippen LogP contribution in [0.15, 0.2) is 176 Å². The Bertz CT molecular complexity index is 4330. The van der Waals surface area contributed by atoms with E-state index < -0.39 is 23.5 Å². The molecule has 74 heavy (non-hydrogen) atoms. The van der Waals surface area contributed by atoms with Crippen LogP contribution >= 0.6 is 0 Å². The van der Waals surface area contributed by atoms with Gasteiger partial charge in [0.15, 0.2) is 11.4 Å². The number of nitriles is 3. The molecule has 0 bridgehead atoms. The third-order valence-corrected chi connectivity index (χ3v) is 13.2. The smallest absolute Gasteiger partial charge is 0.309 e. The quantitative estimate of drug-likeness (QED) is 0.123. The Hall–Kier alpha value is -10.4. The highest BCUT2D eigenvalue weighted by atomic mass is 19.4. The van der Waals surface area contributed by atoms with Crippen molar-refractivity contribution >= 4 is 55.0 Å². The minimum atomic E-state index is -5.10. The van der Waals surface area contributed by atoms with Gasteiger partial charge >= 0.3 is 12.4 Å². The first kappa shape index (κ1) is 46.0. The lowest BCUT2D eigenvalue weighted by molar-refractivity contribution is -0.143. The van der Waals surface area contributed by atoms with E-state index in [1.54, 1.807) is 54.6 Å². The summed E-state index contributed by atoms with van der Waals surface area (Å²) in [5, 5.41) is 33.1. The van der Waals surface area contributed by atoms with Crippen molar-refractivity contribution in [2.24, 2.45) is 0 Å². The maximum Gasteiger partial charge on any atom is 0.416 e. The summed E-state index contributed by atoms with van der Waals surface area (Å²) in [6.07, 6.45) is -10.2. The zero-order valence-corrected chi connectivity index (χ0v) is 38.1. The van der Waals surface area contributed by atoms with Gasteiger partial charge in [-0.1, -0.05) is 66.7 Å². The molecule has 0 N–H and O–H groups in total. The predicted octanol–water partition coefficient (Wildman–Crippen LogP) is 17.3. The highest BCUT2D eigenvalue weighted by Crippen LogP contribution is 2.46. The first-order valence-corrected chi connectivity index (χ1v) is 22.6. The lowest BCUT2D eigenvalue weighted by atomic mass is 9.94. The second-order valence-corrected chi connectivity index (χ2v) is 17.5. The number of rotatable bonds is 6. The molecular formula is C61H29F6N7. The zero-order chi connectivity index (χ0) is 51.6. The Morgan fingerprint density at radius 3 is 1.23 bits per heavy atom. The van der Waals surface area contributed by atoms with Gasteiger partial charge < -0.3 is 9.13 Å². The van der Waals surface area contributed by atoms with Crippen molar-refractivity contribution in [3.05, 3.63) is 227 Å². The molecule has 2 heterocycles. The topological polar surface area (TPSA) is 90.0 Å². The van der Waals surface area contributed by atoms with E-state index in [1.807, 2.05) is 94.1 Å². The van der Waals surface area contributed by atoms with Crippen molar-refractivity contribution in [3.63, 3.8) is 0 Å². The van der Waals surface area contributed by atoms with Crippen molar-refractivity contribution in [3.8, 4) is 74.1 Å². The van der Waals surface area contributed by atoms with Gasteiger partial charge in [0, 0.05) is 43.8 Å². The summed E-state index contributed by atoms with van der Waals surface area (Å²) in [5.74, 6) is 0. The SMILES string of the molecule is [C-]#[N+]c1cc(C#N)cc(-c2ccc3c(c2)c2ccccc2n3-c2cc(C#N)ccc2-c2ccc(-c3cc(C(F)(F)F)cc(C(F)(F)F)c3)cc2-n2c3ccccc3c3cc(-c4cc(C#N)cc([N+]#[C-])c4)ccc32)c1. The number of aromatic nitrogens is 2. The Kier molecular flexibility index (Phi) is 10.9. The highest BCUT2D eigenvalue weighted by Gasteiger charge is 2.37. The Labute approximate surface area is 417 Å². The van der Waals surface area contributed by atoms with Gasteiger partial charge in [0.2, 0.25) is 0 Å². The van der Waals surface area contributed by atoms with Crippen LogP contribution in [0.25, 0.3) is 109 Å². The molecule has 0 aliphatic carbocycles. The van der Waals surface area contributed by atoms with Crippen LogP contribution in [0.2, 0.25) is 0 Å². The molecule has 0 fully saturated rings. The van der Waals surface area contributed by atoms with Gasteiger partial charge in [-0.2, -0.15) is 42.1 Å². The maximum atomic E-state index is 14.4. The molecule has 0 saturated carbocycles. The zero-order valence-electron chi connectivity index (χ0n) is 38.1. The number of hydrogen-bond acceptors (Lipinski definition) is 3. The van der Waals surface area contributed by atoms with E-state index in [-0.39, 0.29) is 22.9 Å². The van der Waals surface area contributed by atoms with Gasteiger partial charge in [-0.25, -0.2) is 9.69 Å². The molecule has 0 spiro atoms. The first-order valence-electron chi connectivity index (χ1n) is 22.6. The third kappa shape index (κ3) is 7.87. The van der Waals surface area contributed by atoms with E-state index in [1.165, 1.54) is 18.2 Å². The van der Waals surface area contributed by atoms with Crippen molar-refractivity contribution in [1.82, 2.24) is 9.13 Å². The second-order valence-electron chi connectivity index (χ2n) is 17.5. The average molecular weight is 974 g/mol. The lowest BCUT2D eigenvalue weighted by Crippen LogP contribution is -2.11. The summed E-state index contributed by atoms with van der Waals surface area (Å²) in [4.78, 5) is 7.13. The van der Waals surface area contributed by atoms with Crippen molar-refractivity contribution in [1.29, 1.82) is 15.8 Å². The monoisotopic (exact) mass is 973 g/mol. The Balaban J connectivity index is 1.21. The predicted molar refractivity (Wildman–Crippen MR) is 274 cm³/mol. The van der Waals surface area contributed by atoms with Crippen LogP contribution in [-0.4, -0.2) is 9.13 Å². The molecule has 2 aromatic heterocycles. The van der Waals surface area contributed by atoms with Crippen LogP contribution in [0.1, 0.15) is 27.8 Å². The van der Waals surface area contributed by atoms with Gasteiger partial charge in [-0.05, 0) is 143 Å². The van der Waals surface area contributed by atoms with E-state index in [2.05, 4.69) is 27.9 Å². The number of hydrogen-bond donors (Lipinski definition) is 0. The maximum absolute atomic E-state index is 14.4. The van der Waals surface area contributed by atoms with E-state index in [9.17, 15) is 42.1 Å². The van der Waals surface area contributed by atoms with E-state index >= 15 is 0 Å². The summed E-state index contributed by atoms with van der Waals surface area (Å²) in [7, 11) is 0. The van der Waals surface area contributed by atoms with Gasteiger partial charge in [0.1, 0.15) is 0 Å². The number of nitrogens with zero attached hydrogens (tertiary/aromatic N) is 7. The number of alkyl halides is 6. The molecule has 0 unspecified atom stereocenters. The van der Waals surface area contributed by atoms with Crippen LogP contribution in [0.3, 0.4) is 0 Å². The molecule has 0 radical (unpaired) electrons. The van der Waals surface area contributed by atoms with Crippen LogP contribution in [0.4, 0.5) is 37.7 Å². The van der Waals surface area contributed by atoms with Gasteiger partial charge in [0.25, 0.3) is 0 Å². The Morgan fingerprint density at radius 2 is 0.770 bits per heavy atom. The summed E-state index contributed by atoms with van der Waals surface area (Å²) < 4.78 is 90.4. The number of fused-ring (bicyclic) bond motifs is 6. The third-order valence-electron chi connectivity index (χ3n) is 13.2. The summed E-state index contributed by atoms with van der Waals surface area (Å²) in [6, 6.07) is 54.2. The fourth-order valence-electron chi connectivity index (χ4n) is 9.90. The molecule has 0 aliphatic heterocycles. The van der Waals surface area contributed by atoms with E-state index in [0.717, 1.165) is 38.1 Å². The number of para-hydroxylation sites is 2. The molecule has 0 aliphatic rings. The molecule has 11 rings (SSSR count). The Morgan fingerprint density at radius 1 is 0.365 bits per heavy atom. The number of halogens is 6. The van der Waals surface area contributed by atoms with Crippen molar-refractivity contribution in [2.75, 3.05) is 0 Å². The normalized spacial score (nSPS) is 11.6. The summed E-state index contributed by atoms with van der Waals surface area (Å²) in [5.41, 5.74) is 5.75. The molecule has 0 atom stereocenters. The molecule has 13 heteroatoms. The summed E-state index contributed by atoms with van der Waals surface area (Å²) in [6.45, 7) is 15.3. The minimum absolute atomic E-state index is 0.0596. The second kappa shape index (κ2) is 17.5.